The minimum atomic E-state index is -0.411. The normalized spacial score (nSPS) is 15.4. The van der Waals surface area contributed by atoms with Gasteiger partial charge in [-0.2, -0.15) is 0 Å². The van der Waals surface area contributed by atoms with E-state index in [1.807, 2.05) is 12.1 Å². The van der Waals surface area contributed by atoms with Crippen molar-refractivity contribution < 1.29 is 9.50 Å². The van der Waals surface area contributed by atoms with Gasteiger partial charge >= 0.3 is 0 Å². The standard InChI is InChI=1S/C16H15FO/c17-14-7-8-15(16(18)10-14)13-6-2-5-12(9-13)11-3-1-4-11/h2,5-11,18H,1,3-4H2. The third-order valence-corrected chi connectivity index (χ3v) is 3.73. The average molecular weight is 242 g/mol. The molecular formula is C16H15FO. The molecule has 0 atom stereocenters. The van der Waals surface area contributed by atoms with Gasteiger partial charge in [-0.05, 0) is 42.0 Å². The number of halogens is 1. The molecule has 1 N–H and O–H groups in total. The fourth-order valence-electron chi connectivity index (χ4n) is 2.45. The van der Waals surface area contributed by atoms with Crippen LogP contribution in [0, 0.1) is 5.82 Å². The first kappa shape index (κ1) is 11.3. The summed E-state index contributed by atoms with van der Waals surface area (Å²) in [5.74, 6) is 0.250. The average Bonchev–Trinajstić information content (AvgIpc) is 2.27. The maximum absolute atomic E-state index is 13.0. The Labute approximate surface area is 106 Å². The van der Waals surface area contributed by atoms with Crippen molar-refractivity contribution in [3.05, 3.63) is 53.8 Å². The molecule has 0 amide bonds. The highest BCUT2D eigenvalue weighted by atomic mass is 19.1. The molecule has 1 fully saturated rings. The van der Waals surface area contributed by atoms with Gasteiger partial charge in [0.05, 0.1) is 0 Å². The molecule has 18 heavy (non-hydrogen) atoms. The van der Waals surface area contributed by atoms with Gasteiger partial charge in [0.2, 0.25) is 0 Å². The smallest absolute Gasteiger partial charge is 0.126 e. The van der Waals surface area contributed by atoms with E-state index in [1.54, 1.807) is 6.07 Å². The van der Waals surface area contributed by atoms with Crippen molar-refractivity contribution in [3.8, 4) is 16.9 Å². The zero-order valence-corrected chi connectivity index (χ0v) is 10.1. The van der Waals surface area contributed by atoms with E-state index in [0.29, 0.717) is 11.5 Å². The van der Waals surface area contributed by atoms with Crippen LogP contribution < -0.4 is 0 Å². The van der Waals surface area contributed by atoms with E-state index in [4.69, 9.17) is 0 Å². The van der Waals surface area contributed by atoms with Crippen LogP contribution in [0.15, 0.2) is 42.5 Å². The summed E-state index contributed by atoms with van der Waals surface area (Å²) < 4.78 is 13.0. The van der Waals surface area contributed by atoms with Crippen LogP contribution in [0.4, 0.5) is 4.39 Å². The van der Waals surface area contributed by atoms with Gasteiger partial charge in [0.15, 0.2) is 0 Å². The van der Waals surface area contributed by atoms with Crippen molar-refractivity contribution in [2.24, 2.45) is 0 Å². The van der Waals surface area contributed by atoms with E-state index >= 15 is 0 Å². The molecule has 1 saturated carbocycles. The largest absolute Gasteiger partial charge is 0.507 e. The van der Waals surface area contributed by atoms with Gasteiger partial charge in [0, 0.05) is 11.6 Å². The van der Waals surface area contributed by atoms with Crippen LogP contribution in [0.25, 0.3) is 11.1 Å². The van der Waals surface area contributed by atoms with E-state index in [-0.39, 0.29) is 5.75 Å². The zero-order chi connectivity index (χ0) is 12.5. The minimum absolute atomic E-state index is 0.000703. The van der Waals surface area contributed by atoms with Gasteiger partial charge in [0.25, 0.3) is 0 Å². The number of hydrogen-bond donors (Lipinski definition) is 1. The van der Waals surface area contributed by atoms with Crippen LogP contribution in [0.1, 0.15) is 30.7 Å². The van der Waals surface area contributed by atoms with Crippen LogP contribution in [0.2, 0.25) is 0 Å². The number of aromatic hydroxyl groups is 1. The lowest BCUT2D eigenvalue weighted by Crippen LogP contribution is -2.08. The Morgan fingerprint density at radius 3 is 2.56 bits per heavy atom. The highest BCUT2D eigenvalue weighted by Gasteiger charge is 2.19. The Balaban J connectivity index is 2.00. The molecule has 0 radical (unpaired) electrons. The maximum atomic E-state index is 13.0. The molecule has 2 heteroatoms. The van der Waals surface area contributed by atoms with Gasteiger partial charge in [-0.3, -0.25) is 0 Å². The quantitative estimate of drug-likeness (QED) is 0.824. The molecule has 92 valence electrons. The lowest BCUT2D eigenvalue weighted by Gasteiger charge is -2.26. The van der Waals surface area contributed by atoms with Crippen molar-refractivity contribution in [3.63, 3.8) is 0 Å². The molecule has 1 aliphatic carbocycles. The molecule has 0 heterocycles. The maximum Gasteiger partial charge on any atom is 0.126 e. The minimum Gasteiger partial charge on any atom is -0.507 e. The van der Waals surface area contributed by atoms with Crippen molar-refractivity contribution in [1.82, 2.24) is 0 Å². The van der Waals surface area contributed by atoms with Crippen molar-refractivity contribution in [2.45, 2.75) is 25.2 Å². The summed E-state index contributed by atoms with van der Waals surface area (Å²) in [6.45, 7) is 0. The predicted molar refractivity (Wildman–Crippen MR) is 70.1 cm³/mol. The molecule has 0 unspecified atom stereocenters. The fraction of sp³-hybridized carbons (Fsp3) is 0.250. The van der Waals surface area contributed by atoms with Gasteiger partial charge in [-0.1, -0.05) is 30.7 Å². The lowest BCUT2D eigenvalue weighted by molar-refractivity contribution is 0.420. The van der Waals surface area contributed by atoms with Gasteiger partial charge in [-0.25, -0.2) is 4.39 Å². The molecule has 0 bridgehead atoms. The second-order valence-corrected chi connectivity index (χ2v) is 4.91. The Morgan fingerprint density at radius 2 is 1.89 bits per heavy atom. The summed E-state index contributed by atoms with van der Waals surface area (Å²) >= 11 is 0. The van der Waals surface area contributed by atoms with Gasteiger partial charge in [-0.15, -0.1) is 0 Å². The summed E-state index contributed by atoms with van der Waals surface area (Å²) in [5, 5.41) is 9.81. The molecule has 2 aromatic rings. The molecule has 3 rings (SSSR count). The van der Waals surface area contributed by atoms with E-state index in [9.17, 15) is 9.50 Å². The molecule has 1 nitrogen and oxygen atoms in total. The Morgan fingerprint density at radius 1 is 1.06 bits per heavy atom. The van der Waals surface area contributed by atoms with Crippen LogP contribution in [0.5, 0.6) is 5.75 Å². The molecule has 2 aromatic carbocycles. The van der Waals surface area contributed by atoms with E-state index in [1.165, 1.54) is 30.9 Å². The third-order valence-electron chi connectivity index (χ3n) is 3.73. The SMILES string of the molecule is Oc1cc(F)ccc1-c1cccc(C2CCC2)c1. The Hall–Kier alpha value is -1.83. The zero-order valence-electron chi connectivity index (χ0n) is 10.1. The number of phenols is 1. The number of hydrogen-bond acceptors (Lipinski definition) is 1. The molecular weight excluding hydrogens is 227 g/mol. The summed E-state index contributed by atoms with van der Waals surface area (Å²) in [7, 11) is 0. The number of phenolic OH excluding ortho intramolecular Hbond substituents is 1. The summed E-state index contributed by atoms with van der Waals surface area (Å²) in [5.41, 5.74) is 2.97. The fourth-order valence-corrected chi connectivity index (χ4v) is 2.45. The molecule has 0 aromatic heterocycles. The van der Waals surface area contributed by atoms with E-state index in [0.717, 1.165) is 11.6 Å². The first-order valence-electron chi connectivity index (χ1n) is 6.33. The summed E-state index contributed by atoms with van der Waals surface area (Å²) in [4.78, 5) is 0. The van der Waals surface area contributed by atoms with Crippen LogP contribution in [0.3, 0.4) is 0 Å². The summed E-state index contributed by atoms with van der Waals surface area (Å²) in [6.07, 6.45) is 3.80. The Bertz CT molecular complexity index is 573. The highest BCUT2D eigenvalue weighted by molar-refractivity contribution is 5.70. The third kappa shape index (κ3) is 1.99. The van der Waals surface area contributed by atoms with Crippen molar-refractivity contribution in [1.29, 1.82) is 0 Å². The molecule has 0 saturated heterocycles. The second kappa shape index (κ2) is 4.45. The van der Waals surface area contributed by atoms with Crippen LogP contribution >= 0.6 is 0 Å². The molecule has 0 aliphatic heterocycles. The van der Waals surface area contributed by atoms with Crippen LogP contribution in [-0.2, 0) is 0 Å². The predicted octanol–water partition coefficient (Wildman–Crippen LogP) is 4.47. The van der Waals surface area contributed by atoms with Crippen molar-refractivity contribution >= 4 is 0 Å². The Kier molecular flexibility index (Phi) is 2.78. The second-order valence-electron chi connectivity index (χ2n) is 4.91. The lowest BCUT2D eigenvalue weighted by atomic mass is 9.79. The summed E-state index contributed by atoms with van der Waals surface area (Å²) in [6, 6.07) is 12.4. The number of rotatable bonds is 2. The van der Waals surface area contributed by atoms with Gasteiger partial charge in [0.1, 0.15) is 11.6 Å². The van der Waals surface area contributed by atoms with Gasteiger partial charge < -0.3 is 5.11 Å². The first-order valence-corrected chi connectivity index (χ1v) is 6.33. The van der Waals surface area contributed by atoms with Crippen molar-refractivity contribution in [2.75, 3.05) is 0 Å². The molecule has 1 aliphatic rings. The van der Waals surface area contributed by atoms with E-state index < -0.39 is 5.82 Å². The topological polar surface area (TPSA) is 20.2 Å². The van der Waals surface area contributed by atoms with E-state index in [2.05, 4.69) is 12.1 Å². The monoisotopic (exact) mass is 242 g/mol. The van der Waals surface area contributed by atoms with Crippen LogP contribution in [-0.4, -0.2) is 5.11 Å². The highest BCUT2D eigenvalue weighted by Crippen LogP contribution is 2.38. The molecule has 0 spiro atoms. The first-order chi connectivity index (χ1) is 8.74. The number of benzene rings is 2.